The first-order valence-electron chi connectivity index (χ1n) is 12.9. The Kier molecular flexibility index (Phi) is 9.75. The first kappa shape index (κ1) is 32.0. The minimum absolute atomic E-state index is 0.00942. The molecule has 228 valence electrons. The number of likely N-dealkylation sites (tertiary alicyclic amines) is 1. The summed E-state index contributed by atoms with van der Waals surface area (Å²) in [5.41, 5.74) is 1.95. The molecule has 0 saturated carbocycles. The summed E-state index contributed by atoms with van der Waals surface area (Å²) in [6.45, 7) is 0.0860. The molecule has 1 amide bonds. The van der Waals surface area contributed by atoms with Crippen LogP contribution < -0.4 is 4.74 Å². The topological polar surface area (TPSA) is 76.2 Å². The van der Waals surface area contributed by atoms with E-state index in [2.05, 4.69) is 4.74 Å². The Morgan fingerprint density at radius 2 is 1.67 bits per heavy atom. The Morgan fingerprint density at radius 3 is 2.30 bits per heavy atom. The van der Waals surface area contributed by atoms with Crippen molar-refractivity contribution in [3.63, 3.8) is 0 Å². The first-order chi connectivity index (χ1) is 20.3. The van der Waals surface area contributed by atoms with Crippen LogP contribution in [0.25, 0.3) is 11.1 Å². The molecule has 1 heterocycles. The second-order valence-corrected chi connectivity index (χ2v) is 10.9. The van der Waals surface area contributed by atoms with Crippen LogP contribution in [0.5, 0.6) is 5.75 Å². The van der Waals surface area contributed by atoms with Crippen LogP contribution in [0.15, 0.2) is 65.6 Å². The molecule has 0 bridgehead atoms. The standard InChI is InChI=1S/C30H27F5N2O5S/c1-36(2)20-12-25(28(39)42-29(40)30(33,34)35)37(15-20)27(38)19-6-4-5-17(11-19)16-41-21-9-7-18(8-10-21)22-13-23(31)24(32)14-26(22)43-3/h4-11,13-14,20,25H,12,15-16H2,1-3H3. The summed E-state index contributed by atoms with van der Waals surface area (Å²) in [4.78, 5) is 40.6. The molecular formula is C30H27F5N2O5S. The predicted molar refractivity (Wildman–Crippen MR) is 148 cm³/mol. The van der Waals surface area contributed by atoms with Gasteiger partial charge < -0.3 is 19.3 Å². The number of ether oxygens (including phenoxy) is 2. The summed E-state index contributed by atoms with van der Waals surface area (Å²) < 4.78 is 75.4. The van der Waals surface area contributed by atoms with Gasteiger partial charge in [-0.1, -0.05) is 24.3 Å². The van der Waals surface area contributed by atoms with Crippen molar-refractivity contribution in [2.45, 2.75) is 36.2 Å². The maximum absolute atomic E-state index is 13.8. The summed E-state index contributed by atoms with van der Waals surface area (Å²) in [6, 6.07) is 13.6. The molecule has 1 fully saturated rings. The summed E-state index contributed by atoms with van der Waals surface area (Å²) in [7, 11) is 3.40. The maximum Gasteiger partial charge on any atom is 0.491 e. The van der Waals surface area contributed by atoms with E-state index < -0.39 is 41.7 Å². The first-order valence-corrected chi connectivity index (χ1v) is 14.2. The van der Waals surface area contributed by atoms with Crippen LogP contribution in [-0.2, 0) is 20.9 Å². The van der Waals surface area contributed by atoms with Gasteiger partial charge in [0.15, 0.2) is 11.6 Å². The van der Waals surface area contributed by atoms with Gasteiger partial charge in [0.1, 0.15) is 18.4 Å². The number of alkyl halides is 3. The van der Waals surface area contributed by atoms with E-state index in [1.54, 1.807) is 61.6 Å². The smallest absolute Gasteiger partial charge is 0.489 e. The molecule has 3 aromatic carbocycles. The monoisotopic (exact) mass is 622 g/mol. The van der Waals surface area contributed by atoms with Gasteiger partial charge in [-0.15, -0.1) is 11.8 Å². The lowest BCUT2D eigenvalue weighted by Gasteiger charge is -2.23. The summed E-state index contributed by atoms with van der Waals surface area (Å²) in [5.74, 6) is -6.11. The number of likely N-dealkylation sites (N-methyl/N-ethyl adjacent to an activating group) is 1. The van der Waals surface area contributed by atoms with E-state index >= 15 is 0 Å². The van der Waals surface area contributed by atoms with Crippen molar-refractivity contribution in [3.05, 3.63) is 83.4 Å². The molecule has 13 heteroatoms. The lowest BCUT2D eigenvalue weighted by Crippen LogP contribution is -2.43. The Labute approximate surface area is 248 Å². The molecule has 0 aromatic heterocycles. The normalized spacial score (nSPS) is 16.8. The quantitative estimate of drug-likeness (QED) is 0.138. The highest BCUT2D eigenvalue weighted by atomic mass is 32.2. The zero-order valence-electron chi connectivity index (χ0n) is 23.3. The third-order valence-electron chi connectivity index (χ3n) is 6.95. The number of halogens is 5. The molecule has 4 rings (SSSR count). The number of carbonyl (C=O) groups is 3. The minimum atomic E-state index is -5.35. The van der Waals surface area contributed by atoms with E-state index in [1.165, 1.54) is 23.9 Å². The van der Waals surface area contributed by atoms with Crippen LogP contribution in [0.1, 0.15) is 22.3 Å². The van der Waals surface area contributed by atoms with Crippen molar-refractivity contribution in [2.75, 3.05) is 26.9 Å². The van der Waals surface area contributed by atoms with Gasteiger partial charge in [-0.25, -0.2) is 18.4 Å². The highest BCUT2D eigenvalue weighted by molar-refractivity contribution is 7.98. The molecule has 2 unspecified atom stereocenters. The molecule has 1 saturated heterocycles. The van der Waals surface area contributed by atoms with Crippen LogP contribution in [0.3, 0.4) is 0 Å². The van der Waals surface area contributed by atoms with Gasteiger partial charge in [0.25, 0.3) is 5.91 Å². The number of amides is 1. The largest absolute Gasteiger partial charge is 0.491 e. The lowest BCUT2D eigenvalue weighted by molar-refractivity contribution is -0.203. The molecule has 1 aliphatic rings. The molecule has 0 aliphatic carbocycles. The highest BCUT2D eigenvalue weighted by Crippen LogP contribution is 2.33. The second-order valence-electron chi connectivity index (χ2n) is 10.0. The minimum Gasteiger partial charge on any atom is -0.489 e. The number of hydrogen-bond acceptors (Lipinski definition) is 7. The van der Waals surface area contributed by atoms with Gasteiger partial charge in [0.2, 0.25) is 0 Å². The number of benzene rings is 3. The summed E-state index contributed by atoms with van der Waals surface area (Å²) in [6.07, 6.45) is -3.60. The van der Waals surface area contributed by atoms with Crippen molar-refractivity contribution in [1.29, 1.82) is 0 Å². The van der Waals surface area contributed by atoms with Gasteiger partial charge in [0.05, 0.1) is 0 Å². The fraction of sp³-hybridized carbons (Fsp3) is 0.300. The van der Waals surface area contributed by atoms with Crippen molar-refractivity contribution in [3.8, 4) is 16.9 Å². The fourth-order valence-electron chi connectivity index (χ4n) is 4.63. The Bertz CT molecular complexity index is 1510. The molecular weight excluding hydrogens is 595 g/mol. The average molecular weight is 623 g/mol. The van der Waals surface area contributed by atoms with E-state index in [1.807, 2.05) is 0 Å². The third kappa shape index (κ3) is 7.52. The van der Waals surface area contributed by atoms with Crippen molar-refractivity contribution < 1.29 is 45.8 Å². The van der Waals surface area contributed by atoms with E-state index in [4.69, 9.17) is 4.74 Å². The van der Waals surface area contributed by atoms with Crippen molar-refractivity contribution in [1.82, 2.24) is 9.80 Å². The SMILES string of the molecule is CSc1cc(F)c(F)cc1-c1ccc(OCc2cccc(C(=O)N3CC(N(C)C)CC3C(=O)OC(=O)C(F)(F)F)c2)cc1. The van der Waals surface area contributed by atoms with Crippen LogP contribution in [0, 0.1) is 11.6 Å². The molecule has 43 heavy (non-hydrogen) atoms. The number of carbonyl (C=O) groups excluding carboxylic acids is 3. The van der Waals surface area contributed by atoms with Crippen LogP contribution >= 0.6 is 11.8 Å². The highest BCUT2D eigenvalue weighted by Gasteiger charge is 2.47. The molecule has 0 spiro atoms. The van der Waals surface area contributed by atoms with E-state index in [-0.39, 0.29) is 31.2 Å². The van der Waals surface area contributed by atoms with E-state index in [0.717, 1.165) is 17.0 Å². The molecule has 3 aromatic rings. The maximum atomic E-state index is 13.8. The number of thioether (sulfide) groups is 1. The predicted octanol–water partition coefficient (Wildman–Crippen LogP) is 5.71. The fourth-order valence-corrected chi connectivity index (χ4v) is 5.25. The summed E-state index contributed by atoms with van der Waals surface area (Å²) in [5, 5.41) is 0. The van der Waals surface area contributed by atoms with Crippen LogP contribution in [0.4, 0.5) is 22.0 Å². The number of nitrogens with zero attached hydrogens (tertiary/aromatic N) is 2. The molecule has 2 atom stereocenters. The van der Waals surface area contributed by atoms with Crippen molar-refractivity contribution >= 4 is 29.6 Å². The van der Waals surface area contributed by atoms with Gasteiger partial charge in [0, 0.05) is 23.0 Å². The molecule has 7 nitrogen and oxygen atoms in total. The zero-order chi connectivity index (χ0) is 31.5. The van der Waals surface area contributed by atoms with Crippen molar-refractivity contribution in [2.24, 2.45) is 0 Å². The second kappa shape index (κ2) is 13.1. The van der Waals surface area contributed by atoms with Crippen LogP contribution in [0.2, 0.25) is 0 Å². The zero-order valence-corrected chi connectivity index (χ0v) is 24.1. The van der Waals surface area contributed by atoms with Crippen LogP contribution in [-0.4, -0.2) is 72.8 Å². The average Bonchev–Trinajstić information content (AvgIpc) is 3.43. The number of rotatable bonds is 8. The Hall–Kier alpha value is -3.97. The summed E-state index contributed by atoms with van der Waals surface area (Å²) >= 11 is 1.29. The Balaban J connectivity index is 1.46. The van der Waals surface area contributed by atoms with E-state index in [9.17, 15) is 36.3 Å². The molecule has 0 radical (unpaired) electrons. The van der Waals surface area contributed by atoms with Gasteiger partial charge in [-0.2, -0.15) is 13.2 Å². The van der Waals surface area contributed by atoms with E-state index in [0.29, 0.717) is 27.3 Å². The Morgan fingerprint density at radius 1 is 1.00 bits per heavy atom. The van der Waals surface area contributed by atoms with Gasteiger partial charge >= 0.3 is 18.1 Å². The number of hydrogen-bond donors (Lipinski definition) is 0. The molecule has 1 aliphatic heterocycles. The number of esters is 2. The lowest BCUT2D eigenvalue weighted by atomic mass is 10.1. The van der Waals surface area contributed by atoms with Gasteiger partial charge in [-0.05, 0) is 79.9 Å². The van der Waals surface area contributed by atoms with Gasteiger partial charge in [-0.3, -0.25) is 4.79 Å². The third-order valence-corrected chi connectivity index (χ3v) is 7.73. The molecule has 0 N–H and O–H groups in total.